The molecule has 0 aliphatic carbocycles. The second kappa shape index (κ2) is 10.3. The van der Waals surface area contributed by atoms with Crippen LogP contribution in [0.5, 0.6) is 11.5 Å². The highest BCUT2D eigenvalue weighted by molar-refractivity contribution is 6.30. The van der Waals surface area contributed by atoms with E-state index in [1.165, 1.54) is 7.11 Å². The Kier molecular flexibility index (Phi) is 7.54. The van der Waals surface area contributed by atoms with Crippen LogP contribution in [0.25, 0.3) is 0 Å². The third-order valence-electron chi connectivity index (χ3n) is 4.80. The molecule has 0 aromatic heterocycles. The van der Waals surface area contributed by atoms with Gasteiger partial charge in [-0.2, -0.15) is 0 Å². The number of rotatable bonds is 6. The number of guanidine groups is 1. The first kappa shape index (κ1) is 21.9. The van der Waals surface area contributed by atoms with Crippen molar-refractivity contribution in [3.8, 4) is 11.5 Å². The van der Waals surface area contributed by atoms with Crippen LogP contribution in [0.2, 0.25) is 5.02 Å². The molecule has 2 aromatic carbocycles. The van der Waals surface area contributed by atoms with Crippen LogP contribution in [-0.2, 0) is 4.74 Å². The Hall–Kier alpha value is -2.77. The average Bonchev–Trinajstić information content (AvgIpc) is 3.27. The zero-order valence-electron chi connectivity index (χ0n) is 17.3. The summed E-state index contributed by atoms with van der Waals surface area (Å²) in [6.07, 6.45) is 2.04. The number of anilines is 1. The molecule has 30 heavy (non-hydrogen) atoms. The fourth-order valence-corrected chi connectivity index (χ4v) is 3.37. The minimum absolute atomic E-state index is 0.0612. The van der Waals surface area contributed by atoms with Gasteiger partial charge >= 0.3 is 0 Å². The number of hydrogen-bond donors (Lipinski definition) is 2. The van der Waals surface area contributed by atoms with Crippen molar-refractivity contribution in [3.63, 3.8) is 0 Å². The molecule has 1 saturated heterocycles. The number of hydrogen-bond acceptors (Lipinski definition) is 5. The second-order valence-electron chi connectivity index (χ2n) is 6.93. The summed E-state index contributed by atoms with van der Waals surface area (Å²) in [6, 6.07) is 10.5. The van der Waals surface area contributed by atoms with E-state index in [1.54, 1.807) is 31.4 Å². The van der Waals surface area contributed by atoms with Crippen molar-refractivity contribution in [3.05, 3.63) is 52.5 Å². The Morgan fingerprint density at radius 3 is 2.67 bits per heavy atom. The van der Waals surface area contributed by atoms with Crippen LogP contribution in [0, 0.1) is 6.92 Å². The molecule has 1 amide bonds. The molecule has 1 atom stereocenters. The Balaban J connectivity index is 1.80. The first-order chi connectivity index (χ1) is 14.5. The van der Waals surface area contributed by atoms with Crippen LogP contribution in [0.4, 0.5) is 5.69 Å². The van der Waals surface area contributed by atoms with Crippen molar-refractivity contribution in [1.82, 2.24) is 5.32 Å². The molecular formula is C22H26ClN3O4. The highest BCUT2D eigenvalue weighted by Crippen LogP contribution is 2.27. The summed E-state index contributed by atoms with van der Waals surface area (Å²) in [5, 5.41) is 6.69. The van der Waals surface area contributed by atoms with Crippen molar-refractivity contribution >= 4 is 29.2 Å². The van der Waals surface area contributed by atoms with E-state index >= 15 is 0 Å². The van der Waals surface area contributed by atoms with Gasteiger partial charge in [0.05, 0.1) is 26.9 Å². The molecule has 2 aromatic rings. The molecule has 0 spiro atoms. The molecule has 1 unspecified atom stereocenters. The Labute approximate surface area is 181 Å². The van der Waals surface area contributed by atoms with Crippen LogP contribution in [0.3, 0.4) is 0 Å². The normalized spacial score (nSPS) is 16.3. The van der Waals surface area contributed by atoms with E-state index in [2.05, 4.69) is 15.6 Å². The number of aryl methyl sites for hydroxylation is 1. The van der Waals surface area contributed by atoms with Gasteiger partial charge < -0.3 is 19.5 Å². The molecule has 7 nitrogen and oxygen atoms in total. The monoisotopic (exact) mass is 431 g/mol. The molecule has 2 N–H and O–H groups in total. The van der Waals surface area contributed by atoms with Crippen LogP contribution in [-0.4, -0.2) is 45.3 Å². The highest BCUT2D eigenvalue weighted by Gasteiger charge is 2.17. The zero-order chi connectivity index (χ0) is 21.5. The quantitative estimate of drug-likeness (QED) is 0.533. The lowest BCUT2D eigenvalue weighted by molar-refractivity contribution is 0.0975. The maximum absolute atomic E-state index is 12.9. The lowest BCUT2D eigenvalue weighted by atomic mass is 10.2. The van der Waals surface area contributed by atoms with Gasteiger partial charge in [0.15, 0.2) is 11.5 Å². The number of halogens is 1. The average molecular weight is 432 g/mol. The number of benzene rings is 2. The van der Waals surface area contributed by atoms with Gasteiger partial charge in [-0.3, -0.25) is 10.1 Å². The Morgan fingerprint density at radius 2 is 2.00 bits per heavy atom. The van der Waals surface area contributed by atoms with Crippen molar-refractivity contribution < 1.29 is 19.0 Å². The summed E-state index contributed by atoms with van der Waals surface area (Å²) < 4.78 is 16.2. The molecule has 0 radical (unpaired) electrons. The fraction of sp³-hybridized carbons (Fsp3) is 0.364. The number of carbonyl (C=O) groups is 1. The van der Waals surface area contributed by atoms with Crippen molar-refractivity contribution in [2.45, 2.75) is 25.9 Å². The predicted molar refractivity (Wildman–Crippen MR) is 118 cm³/mol. The van der Waals surface area contributed by atoms with E-state index in [-0.39, 0.29) is 12.0 Å². The van der Waals surface area contributed by atoms with Crippen molar-refractivity contribution in [2.75, 3.05) is 32.7 Å². The molecule has 1 aliphatic rings. The van der Waals surface area contributed by atoms with E-state index in [4.69, 9.17) is 25.8 Å². The van der Waals surface area contributed by atoms with Gasteiger partial charge in [-0.25, -0.2) is 4.99 Å². The van der Waals surface area contributed by atoms with Gasteiger partial charge in [0.1, 0.15) is 0 Å². The Morgan fingerprint density at radius 1 is 1.20 bits per heavy atom. The number of ether oxygens (including phenoxy) is 3. The number of carbonyl (C=O) groups excluding carboxylic acids is 1. The van der Waals surface area contributed by atoms with Gasteiger partial charge in [0, 0.05) is 22.9 Å². The maximum atomic E-state index is 12.9. The molecule has 0 saturated carbocycles. The third-order valence-corrected chi connectivity index (χ3v) is 5.03. The van der Waals surface area contributed by atoms with Gasteiger partial charge in [-0.15, -0.1) is 0 Å². The zero-order valence-corrected chi connectivity index (χ0v) is 18.1. The van der Waals surface area contributed by atoms with E-state index in [1.807, 2.05) is 19.1 Å². The van der Waals surface area contributed by atoms with E-state index < -0.39 is 0 Å². The summed E-state index contributed by atoms with van der Waals surface area (Å²) in [7, 11) is 3.07. The van der Waals surface area contributed by atoms with Crippen LogP contribution >= 0.6 is 11.6 Å². The lowest BCUT2D eigenvalue weighted by Gasteiger charge is -2.15. The second-order valence-corrected chi connectivity index (χ2v) is 7.37. The van der Waals surface area contributed by atoms with Gasteiger partial charge in [0.2, 0.25) is 5.96 Å². The first-order valence-corrected chi connectivity index (χ1v) is 10.1. The van der Waals surface area contributed by atoms with E-state index in [0.717, 1.165) is 30.7 Å². The van der Waals surface area contributed by atoms with E-state index in [0.29, 0.717) is 34.6 Å². The maximum Gasteiger partial charge on any atom is 0.258 e. The highest BCUT2D eigenvalue weighted by atomic mass is 35.5. The van der Waals surface area contributed by atoms with Crippen LogP contribution in [0.15, 0.2) is 41.4 Å². The summed E-state index contributed by atoms with van der Waals surface area (Å²) in [5.41, 5.74) is 2.16. The molecular weight excluding hydrogens is 406 g/mol. The third kappa shape index (κ3) is 5.64. The molecule has 1 heterocycles. The first-order valence-electron chi connectivity index (χ1n) is 9.72. The molecule has 0 bridgehead atoms. The summed E-state index contributed by atoms with van der Waals surface area (Å²) in [6.45, 7) is 3.14. The smallest absolute Gasteiger partial charge is 0.258 e. The number of nitrogens with zero attached hydrogens (tertiary/aromatic N) is 1. The number of amides is 1. The molecule has 1 aliphatic heterocycles. The van der Waals surface area contributed by atoms with Crippen molar-refractivity contribution in [2.24, 2.45) is 4.99 Å². The van der Waals surface area contributed by atoms with E-state index in [9.17, 15) is 4.79 Å². The SMILES string of the molecule is COc1ccc(C(=O)NC(=NCC2CCCO2)Nc2ccc(Cl)cc2C)cc1OC. The van der Waals surface area contributed by atoms with Gasteiger partial charge in [-0.05, 0) is 61.7 Å². The lowest BCUT2D eigenvalue weighted by Crippen LogP contribution is -2.37. The topological polar surface area (TPSA) is 81.2 Å². The molecule has 160 valence electrons. The molecule has 3 rings (SSSR count). The standard InChI is InChI=1S/C22H26ClN3O4/c1-14-11-16(23)7-8-18(14)25-22(24-13-17-5-4-10-30-17)26-21(27)15-6-9-19(28-2)20(12-15)29-3/h6-9,11-12,17H,4-5,10,13H2,1-3H3,(H2,24,25,26,27). The minimum Gasteiger partial charge on any atom is -0.493 e. The predicted octanol–water partition coefficient (Wildman–Crippen LogP) is 4.04. The Bertz CT molecular complexity index is 927. The molecule has 1 fully saturated rings. The summed E-state index contributed by atoms with van der Waals surface area (Å²) in [5.74, 6) is 1.05. The van der Waals surface area contributed by atoms with Gasteiger partial charge in [0.25, 0.3) is 5.91 Å². The summed E-state index contributed by atoms with van der Waals surface area (Å²) >= 11 is 6.05. The molecule has 8 heteroatoms. The van der Waals surface area contributed by atoms with Gasteiger partial charge in [-0.1, -0.05) is 11.6 Å². The number of methoxy groups -OCH3 is 2. The minimum atomic E-state index is -0.318. The fourth-order valence-electron chi connectivity index (χ4n) is 3.14. The van der Waals surface area contributed by atoms with Crippen molar-refractivity contribution in [1.29, 1.82) is 0 Å². The number of nitrogens with one attached hydrogen (secondary N) is 2. The largest absolute Gasteiger partial charge is 0.493 e. The summed E-state index contributed by atoms with van der Waals surface area (Å²) in [4.78, 5) is 17.4. The number of aliphatic imine (C=N–C) groups is 1. The van der Waals surface area contributed by atoms with Crippen LogP contribution in [0.1, 0.15) is 28.8 Å². The van der Waals surface area contributed by atoms with Crippen LogP contribution < -0.4 is 20.1 Å².